The maximum atomic E-state index is 14.1. The van der Waals surface area contributed by atoms with Gasteiger partial charge in [-0.25, -0.2) is 13.2 Å². The molecule has 0 bridgehead atoms. The number of benzene rings is 1. The lowest BCUT2D eigenvalue weighted by Gasteiger charge is -2.37. The number of nitrogens with one attached hydrogen (secondary N) is 1. The molecule has 1 saturated carbocycles. The Morgan fingerprint density at radius 3 is 2.40 bits per heavy atom. The van der Waals surface area contributed by atoms with Gasteiger partial charge in [-0.1, -0.05) is 25.8 Å². The third-order valence-electron chi connectivity index (χ3n) is 4.17. The number of methoxy groups -OCH3 is 1. The first-order valence-corrected chi connectivity index (χ1v) is 6.97. The van der Waals surface area contributed by atoms with E-state index in [4.69, 9.17) is 4.74 Å². The average Bonchev–Trinajstić information content (AvgIpc) is 2.93. The SMILES string of the molecule is CCNC(c1ccc(F)c(F)c1F)C1(OC)CCCC1. The van der Waals surface area contributed by atoms with Gasteiger partial charge in [0.1, 0.15) is 0 Å². The molecule has 1 aromatic carbocycles. The molecule has 0 aliphatic heterocycles. The molecular weight excluding hydrogens is 267 g/mol. The summed E-state index contributed by atoms with van der Waals surface area (Å²) in [7, 11) is 1.59. The van der Waals surface area contributed by atoms with Gasteiger partial charge in [0, 0.05) is 12.7 Å². The first kappa shape index (κ1) is 15.3. The maximum absolute atomic E-state index is 14.1. The van der Waals surface area contributed by atoms with Gasteiger partial charge in [-0.3, -0.25) is 0 Å². The van der Waals surface area contributed by atoms with Crippen molar-refractivity contribution in [1.29, 1.82) is 0 Å². The first-order chi connectivity index (χ1) is 9.55. The van der Waals surface area contributed by atoms with Crippen LogP contribution in [0.1, 0.15) is 44.2 Å². The highest BCUT2D eigenvalue weighted by Crippen LogP contribution is 2.43. The van der Waals surface area contributed by atoms with Crippen molar-refractivity contribution in [3.8, 4) is 0 Å². The van der Waals surface area contributed by atoms with Crippen molar-refractivity contribution in [1.82, 2.24) is 5.32 Å². The van der Waals surface area contributed by atoms with Crippen LogP contribution in [0.5, 0.6) is 0 Å². The summed E-state index contributed by atoms with van der Waals surface area (Å²) < 4.78 is 46.3. The predicted molar refractivity (Wildman–Crippen MR) is 70.9 cm³/mol. The quantitative estimate of drug-likeness (QED) is 0.834. The van der Waals surface area contributed by atoms with Crippen LogP contribution in [-0.4, -0.2) is 19.3 Å². The molecule has 1 aromatic rings. The largest absolute Gasteiger partial charge is 0.376 e. The van der Waals surface area contributed by atoms with E-state index in [2.05, 4.69) is 5.32 Å². The molecule has 20 heavy (non-hydrogen) atoms. The number of halogens is 3. The van der Waals surface area contributed by atoms with Gasteiger partial charge in [0.05, 0.1) is 11.6 Å². The predicted octanol–water partition coefficient (Wildman–Crippen LogP) is 3.71. The Kier molecular flexibility index (Phi) is 4.70. The zero-order valence-corrected chi connectivity index (χ0v) is 11.8. The summed E-state index contributed by atoms with van der Waals surface area (Å²) in [6.07, 6.45) is 3.53. The van der Waals surface area contributed by atoms with Crippen LogP contribution >= 0.6 is 0 Å². The zero-order chi connectivity index (χ0) is 14.8. The molecule has 1 aliphatic carbocycles. The van der Waals surface area contributed by atoms with Crippen LogP contribution in [0.4, 0.5) is 13.2 Å². The van der Waals surface area contributed by atoms with E-state index in [-0.39, 0.29) is 5.56 Å². The fraction of sp³-hybridized carbons (Fsp3) is 0.600. The Morgan fingerprint density at radius 2 is 1.85 bits per heavy atom. The molecule has 2 rings (SSSR count). The Hall–Kier alpha value is -1.07. The number of ether oxygens (including phenoxy) is 1. The Labute approximate surface area is 117 Å². The summed E-state index contributed by atoms with van der Waals surface area (Å²) in [4.78, 5) is 0. The molecular formula is C15H20F3NO. The van der Waals surface area contributed by atoms with Crippen molar-refractivity contribution in [3.05, 3.63) is 35.1 Å². The van der Waals surface area contributed by atoms with E-state index in [1.54, 1.807) is 7.11 Å². The van der Waals surface area contributed by atoms with Crippen LogP contribution in [0.15, 0.2) is 12.1 Å². The van der Waals surface area contributed by atoms with E-state index in [0.717, 1.165) is 31.7 Å². The van der Waals surface area contributed by atoms with Gasteiger partial charge in [0.25, 0.3) is 0 Å². The summed E-state index contributed by atoms with van der Waals surface area (Å²) in [5, 5.41) is 3.17. The van der Waals surface area contributed by atoms with Crippen molar-refractivity contribution in [3.63, 3.8) is 0 Å². The smallest absolute Gasteiger partial charge is 0.194 e. The molecule has 1 N–H and O–H groups in total. The lowest BCUT2D eigenvalue weighted by atomic mass is 9.86. The van der Waals surface area contributed by atoms with Crippen molar-refractivity contribution in [2.45, 2.75) is 44.2 Å². The molecule has 1 fully saturated rings. The molecule has 1 aliphatic rings. The number of hydrogen-bond acceptors (Lipinski definition) is 2. The number of likely N-dealkylation sites (N-methyl/N-ethyl adjacent to an activating group) is 1. The van der Waals surface area contributed by atoms with Crippen LogP contribution < -0.4 is 5.32 Å². The van der Waals surface area contributed by atoms with Gasteiger partial charge < -0.3 is 10.1 Å². The fourth-order valence-corrected chi connectivity index (χ4v) is 3.13. The molecule has 112 valence electrons. The Morgan fingerprint density at radius 1 is 1.20 bits per heavy atom. The number of rotatable bonds is 5. The van der Waals surface area contributed by atoms with E-state index in [1.165, 1.54) is 6.07 Å². The molecule has 5 heteroatoms. The van der Waals surface area contributed by atoms with Gasteiger partial charge in [0.2, 0.25) is 0 Å². The molecule has 2 nitrogen and oxygen atoms in total. The monoisotopic (exact) mass is 287 g/mol. The summed E-state index contributed by atoms with van der Waals surface area (Å²) in [6.45, 7) is 2.48. The highest BCUT2D eigenvalue weighted by Gasteiger charge is 2.43. The summed E-state index contributed by atoms with van der Waals surface area (Å²) in [5.74, 6) is -3.71. The van der Waals surface area contributed by atoms with E-state index < -0.39 is 29.1 Å². The van der Waals surface area contributed by atoms with Gasteiger partial charge in [0.15, 0.2) is 17.5 Å². The molecule has 1 atom stereocenters. The second kappa shape index (κ2) is 6.14. The molecule has 0 saturated heterocycles. The highest BCUT2D eigenvalue weighted by molar-refractivity contribution is 5.27. The average molecular weight is 287 g/mol. The molecule has 0 aromatic heterocycles. The lowest BCUT2D eigenvalue weighted by Crippen LogP contribution is -2.44. The normalized spacial score (nSPS) is 19.2. The molecule has 0 heterocycles. The summed E-state index contributed by atoms with van der Waals surface area (Å²) in [5.41, 5.74) is -0.421. The Bertz CT molecular complexity index is 472. The third kappa shape index (κ3) is 2.56. The maximum Gasteiger partial charge on any atom is 0.194 e. The highest BCUT2D eigenvalue weighted by atomic mass is 19.2. The molecule has 1 unspecified atom stereocenters. The Balaban J connectivity index is 2.45. The minimum atomic E-state index is -1.42. The second-order valence-corrected chi connectivity index (χ2v) is 5.23. The van der Waals surface area contributed by atoms with Crippen molar-refractivity contribution < 1.29 is 17.9 Å². The zero-order valence-electron chi connectivity index (χ0n) is 11.8. The van der Waals surface area contributed by atoms with E-state index in [1.807, 2.05) is 6.92 Å². The van der Waals surface area contributed by atoms with E-state index >= 15 is 0 Å². The minimum Gasteiger partial charge on any atom is -0.376 e. The van der Waals surface area contributed by atoms with Crippen molar-refractivity contribution in [2.24, 2.45) is 0 Å². The first-order valence-electron chi connectivity index (χ1n) is 6.97. The second-order valence-electron chi connectivity index (χ2n) is 5.23. The standard InChI is InChI=1S/C15H20F3NO/c1-3-19-14(15(20-2)8-4-5-9-15)10-6-7-11(16)13(18)12(10)17/h6-7,14,19H,3-5,8-9H2,1-2H3. The fourth-order valence-electron chi connectivity index (χ4n) is 3.13. The molecule has 0 amide bonds. The van der Waals surface area contributed by atoms with Crippen LogP contribution in [-0.2, 0) is 4.74 Å². The summed E-state index contributed by atoms with van der Waals surface area (Å²) in [6, 6.07) is 1.80. The van der Waals surface area contributed by atoms with Crippen molar-refractivity contribution in [2.75, 3.05) is 13.7 Å². The van der Waals surface area contributed by atoms with Gasteiger partial charge in [-0.2, -0.15) is 0 Å². The van der Waals surface area contributed by atoms with Crippen LogP contribution in [0.25, 0.3) is 0 Å². The van der Waals surface area contributed by atoms with E-state index in [0.29, 0.717) is 6.54 Å². The van der Waals surface area contributed by atoms with Gasteiger partial charge in [-0.05, 0) is 25.5 Å². The third-order valence-corrected chi connectivity index (χ3v) is 4.17. The van der Waals surface area contributed by atoms with Gasteiger partial charge in [-0.15, -0.1) is 0 Å². The minimum absolute atomic E-state index is 0.134. The van der Waals surface area contributed by atoms with Crippen molar-refractivity contribution >= 4 is 0 Å². The number of hydrogen-bond donors (Lipinski definition) is 1. The lowest BCUT2D eigenvalue weighted by molar-refractivity contribution is -0.0374. The van der Waals surface area contributed by atoms with Gasteiger partial charge >= 0.3 is 0 Å². The molecule has 0 radical (unpaired) electrons. The topological polar surface area (TPSA) is 21.3 Å². The van der Waals surface area contributed by atoms with Crippen LogP contribution in [0.3, 0.4) is 0 Å². The van der Waals surface area contributed by atoms with Crippen LogP contribution in [0.2, 0.25) is 0 Å². The molecule has 0 spiro atoms. The van der Waals surface area contributed by atoms with Crippen LogP contribution in [0, 0.1) is 17.5 Å². The van der Waals surface area contributed by atoms with E-state index in [9.17, 15) is 13.2 Å². The summed E-state index contributed by atoms with van der Waals surface area (Å²) >= 11 is 0.